The van der Waals surface area contributed by atoms with Gasteiger partial charge in [0.05, 0.1) is 19.4 Å². The molecule has 2 aliphatic heterocycles. The predicted molar refractivity (Wildman–Crippen MR) is 94.6 cm³/mol. The Bertz CT molecular complexity index is 832. The predicted octanol–water partition coefficient (Wildman–Crippen LogP) is 4.41. The minimum Gasteiger partial charge on any atom is -0.497 e. The topological polar surface area (TPSA) is 24.8 Å². The first-order valence-corrected chi connectivity index (χ1v) is 9.34. The van der Waals surface area contributed by atoms with Crippen molar-refractivity contribution in [2.75, 3.05) is 20.2 Å². The largest absolute Gasteiger partial charge is 0.497 e. The number of amidine groups is 1. The van der Waals surface area contributed by atoms with Gasteiger partial charge in [0.15, 0.2) is 5.17 Å². The molecule has 5 heteroatoms. The first-order chi connectivity index (χ1) is 10.8. The summed E-state index contributed by atoms with van der Waals surface area (Å²) in [6.45, 7) is 1.93. The second-order valence-corrected chi connectivity index (χ2v) is 7.87. The molecule has 112 valence electrons. The van der Waals surface area contributed by atoms with E-state index in [1.807, 2.05) is 11.8 Å². The lowest BCUT2D eigenvalue weighted by Gasteiger charge is -2.19. The maximum absolute atomic E-state index is 5.54. The lowest BCUT2D eigenvalue weighted by Crippen LogP contribution is -2.20. The second-order valence-electron chi connectivity index (χ2n) is 5.91. The highest BCUT2D eigenvalue weighted by Gasteiger charge is 2.40. The maximum Gasteiger partial charge on any atom is 0.168 e. The van der Waals surface area contributed by atoms with E-state index >= 15 is 0 Å². The van der Waals surface area contributed by atoms with Gasteiger partial charge in [-0.2, -0.15) is 0 Å². The fourth-order valence-corrected chi connectivity index (χ4v) is 5.47. The number of allylic oxidation sites excluding steroid dienone is 1. The fourth-order valence-electron chi connectivity index (χ4n) is 3.26. The standard InChI is InChI=1S/C17H16N2OS2/c1-20-11-8-13(12-4-7-21-14(12)9-11)15-16(10-2-3-10)22-17-18-5-6-19(15)17/h4,7-10H,2-3,5-6H2,1H3. The summed E-state index contributed by atoms with van der Waals surface area (Å²) in [4.78, 5) is 8.63. The number of thiophene rings is 1. The number of rotatable bonds is 3. The van der Waals surface area contributed by atoms with Gasteiger partial charge in [0.2, 0.25) is 0 Å². The van der Waals surface area contributed by atoms with Gasteiger partial charge in [-0.25, -0.2) is 0 Å². The van der Waals surface area contributed by atoms with Crippen molar-refractivity contribution in [2.24, 2.45) is 10.9 Å². The van der Waals surface area contributed by atoms with E-state index in [0.717, 1.165) is 24.8 Å². The highest BCUT2D eigenvalue weighted by molar-refractivity contribution is 8.17. The molecule has 0 spiro atoms. The SMILES string of the molecule is COc1cc(C2=C(C3CC3)SC3=NCCN32)c2ccsc2c1. The Morgan fingerprint density at radius 2 is 2.23 bits per heavy atom. The third-order valence-electron chi connectivity index (χ3n) is 4.49. The molecule has 3 nitrogen and oxygen atoms in total. The number of hydrogen-bond donors (Lipinski definition) is 0. The van der Waals surface area contributed by atoms with Crippen LogP contribution < -0.4 is 4.74 Å². The van der Waals surface area contributed by atoms with Crippen molar-refractivity contribution >= 4 is 44.0 Å². The van der Waals surface area contributed by atoms with Crippen molar-refractivity contribution in [3.63, 3.8) is 0 Å². The zero-order valence-electron chi connectivity index (χ0n) is 12.3. The average Bonchev–Trinajstić information content (AvgIpc) is 2.97. The van der Waals surface area contributed by atoms with Crippen LogP contribution in [0.15, 0.2) is 33.5 Å². The van der Waals surface area contributed by atoms with Crippen molar-refractivity contribution in [1.82, 2.24) is 4.90 Å². The Kier molecular flexibility index (Phi) is 2.82. The first kappa shape index (κ1) is 13.0. The number of fused-ring (bicyclic) bond motifs is 2. The van der Waals surface area contributed by atoms with Gasteiger partial charge in [-0.3, -0.25) is 4.99 Å². The number of aliphatic imine (C=N–C) groups is 1. The smallest absolute Gasteiger partial charge is 0.168 e. The molecule has 1 fully saturated rings. The van der Waals surface area contributed by atoms with Crippen molar-refractivity contribution in [1.29, 1.82) is 0 Å². The van der Waals surface area contributed by atoms with Crippen molar-refractivity contribution in [3.8, 4) is 5.75 Å². The van der Waals surface area contributed by atoms with E-state index in [4.69, 9.17) is 4.74 Å². The van der Waals surface area contributed by atoms with E-state index < -0.39 is 0 Å². The molecule has 3 aliphatic rings. The van der Waals surface area contributed by atoms with Gasteiger partial charge in [0, 0.05) is 27.1 Å². The molecular formula is C17H16N2OS2. The van der Waals surface area contributed by atoms with Crippen LogP contribution >= 0.6 is 23.1 Å². The number of thioether (sulfide) groups is 1. The molecule has 0 saturated heterocycles. The molecule has 0 unspecified atom stereocenters. The Balaban J connectivity index is 1.76. The molecule has 0 atom stereocenters. The van der Waals surface area contributed by atoms with E-state index in [-0.39, 0.29) is 0 Å². The molecule has 0 N–H and O–H groups in total. The Labute approximate surface area is 137 Å². The Morgan fingerprint density at radius 3 is 3.05 bits per heavy atom. The fraction of sp³-hybridized carbons (Fsp3) is 0.353. The normalized spacial score (nSPS) is 20.8. The van der Waals surface area contributed by atoms with Gasteiger partial charge < -0.3 is 9.64 Å². The minimum atomic E-state index is 0.744. The average molecular weight is 328 g/mol. The molecule has 1 aliphatic carbocycles. The molecule has 22 heavy (non-hydrogen) atoms. The highest BCUT2D eigenvalue weighted by Crippen LogP contribution is 2.53. The van der Waals surface area contributed by atoms with Gasteiger partial charge in [0.1, 0.15) is 5.75 Å². The summed E-state index contributed by atoms with van der Waals surface area (Å²) < 4.78 is 6.84. The number of hydrogen-bond acceptors (Lipinski definition) is 5. The summed E-state index contributed by atoms with van der Waals surface area (Å²) in [5, 5.41) is 4.71. The number of ether oxygens (including phenoxy) is 1. The van der Waals surface area contributed by atoms with Gasteiger partial charge in [-0.15, -0.1) is 11.3 Å². The zero-order valence-corrected chi connectivity index (χ0v) is 14.0. The third kappa shape index (κ3) is 1.85. The van der Waals surface area contributed by atoms with Gasteiger partial charge in [0.25, 0.3) is 0 Å². The van der Waals surface area contributed by atoms with Gasteiger partial charge in [-0.05, 0) is 42.3 Å². The van der Waals surface area contributed by atoms with Crippen LogP contribution in [0.4, 0.5) is 0 Å². The van der Waals surface area contributed by atoms with Crippen LogP contribution in [0.5, 0.6) is 5.75 Å². The minimum absolute atomic E-state index is 0.744. The third-order valence-corrected chi connectivity index (χ3v) is 6.63. The van der Waals surface area contributed by atoms with Gasteiger partial charge in [-0.1, -0.05) is 11.8 Å². The van der Waals surface area contributed by atoms with Crippen LogP contribution in [-0.2, 0) is 0 Å². The molecule has 0 bridgehead atoms. The zero-order chi connectivity index (χ0) is 14.7. The summed E-state index contributed by atoms with van der Waals surface area (Å²) in [6.07, 6.45) is 2.65. The van der Waals surface area contributed by atoms with Crippen LogP contribution in [0.2, 0.25) is 0 Å². The van der Waals surface area contributed by atoms with E-state index in [9.17, 15) is 0 Å². The lowest BCUT2D eigenvalue weighted by molar-refractivity contribution is 0.415. The lowest BCUT2D eigenvalue weighted by atomic mass is 10.0. The highest BCUT2D eigenvalue weighted by atomic mass is 32.2. The molecule has 0 amide bonds. The van der Waals surface area contributed by atoms with Crippen LogP contribution in [0, 0.1) is 5.92 Å². The first-order valence-electron chi connectivity index (χ1n) is 7.65. The van der Waals surface area contributed by atoms with Crippen LogP contribution in [-0.4, -0.2) is 30.3 Å². The quantitative estimate of drug-likeness (QED) is 0.834. The number of benzene rings is 1. The van der Waals surface area contributed by atoms with E-state index in [2.05, 4.69) is 33.5 Å². The molecule has 2 aromatic rings. The van der Waals surface area contributed by atoms with Crippen LogP contribution in [0.3, 0.4) is 0 Å². The van der Waals surface area contributed by atoms with Gasteiger partial charge >= 0.3 is 0 Å². The van der Waals surface area contributed by atoms with Crippen LogP contribution in [0.1, 0.15) is 18.4 Å². The summed E-state index contributed by atoms with van der Waals surface area (Å²) >= 11 is 3.68. The molecule has 1 aromatic carbocycles. The maximum atomic E-state index is 5.54. The van der Waals surface area contributed by atoms with Crippen molar-refractivity contribution in [2.45, 2.75) is 12.8 Å². The second kappa shape index (κ2) is 4.77. The molecule has 1 saturated carbocycles. The number of nitrogens with zero attached hydrogens (tertiary/aromatic N) is 2. The van der Waals surface area contributed by atoms with E-state index in [1.165, 1.54) is 44.3 Å². The summed E-state index contributed by atoms with van der Waals surface area (Å²) in [5.41, 5.74) is 2.71. The van der Waals surface area contributed by atoms with E-state index in [0.29, 0.717) is 0 Å². The Morgan fingerprint density at radius 1 is 1.32 bits per heavy atom. The van der Waals surface area contributed by atoms with E-state index in [1.54, 1.807) is 18.4 Å². The summed E-state index contributed by atoms with van der Waals surface area (Å²) in [5.74, 6) is 1.69. The summed E-state index contributed by atoms with van der Waals surface area (Å²) in [6, 6.07) is 6.58. The molecule has 1 aromatic heterocycles. The van der Waals surface area contributed by atoms with Crippen LogP contribution in [0.25, 0.3) is 15.8 Å². The number of methoxy groups -OCH3 is 1. The molecule has 0 radical (unpaired) electrons. The van der Waals surface area contributed by atoms with Crippen molar-refractivity contribution in [3.05, 3.63) is 34.0 Å². The Hall–Kier alpha value is -1.46. The summed E-state index contributed by atoms with van der Waals surface area (Å²) in [7, 11) is 1.75. The molecule has 3 heterocycles. The monoisotopic (exact) mass is 328 g/mol. The molecular weight excluding hydrogens is 312 g/mol. The molecule has 5 rings (SSSR count). The van der Waals surface area contributed by atoms with Crippen molar-refractivity contribution < 1.29 is 4.74 Å².